The summed E-state index contributed by atoms with van der Waals surface area (Å²) in [7, 11) is 0. The maximum absolute atomic E-state index is 12.5. The molecule has 6 aliphatic heterocycles. The van der Waals surface area contributed by atoms with Crippen LogP contribution in [0, 0.1) is 34.5 Å². The number of benzene rings is 4. The summed E-state index contributed by atoms with van der Waals surface area (Å²) in [6, 6.07) is 36.0. The van der Waals surface area contributed by atoms with Crippen molar-refractivity contribution in [2.75, 3.05) is 111 Å². The van der Waals surface area contributed by atoms with Gasteiger partial charge in [0.15, 0.2) is 0 Å². The molecule has 4 atom stereocenters. The van der Waals surface area contributed by atoms with E-state index in [-0.39, 0.29) is 6.09 Å². The van der Waals surface area contributed by atoms with Gasteiger partial charge in [-0.15, -0.1) is 0 Å². The summed E-state index contributed by atoms with van der Waals surface area (Å²) in [5, 5.41) is 24.7. The highest BCUT2D eigenvalue weighted by Gasteiger charge is 2.35. The van der Waals surface area contributed by atoms with Crippen molar-refractivity contribution in [1.82, 2.24) is 30.0 Å². The number of fused-ring (bicyclic) bond motifs is 4. The molecule has 0 bridgehead atoms. The fourth-order valence-corrected chi connectivity index (χ4v) is 13.1. The van der Waals surface area contributed by atoms with Crippen LogP contribution >= 0.6 is 0 Å². The number of nitrogens with one attached hydrogen (secondary N) is 1. The van der Waals surface area contributed by atoms with Crippen molar-refractivity contribution in [3.05, 3.63) is 131 Å². The zero-order valence-corrected chi connectivity index (χ0v) is 45.9. The number of ether oxygens (including phenoxy) is 1. The molecule has 0 spiro atoms. The Balaban J connectivity index is 0.000000166. The molecule has 6 aromatic rings. The highest BCUT2D eigenvalue weighted by Crippen LogP contribution is 2.37. The third-order valence-corrected chi connectivity index (χ3v) is 17.0. The molecule has 0 aliphatic carbocycles. The Labute approximate surface area is 455 Å². The molecule has 6 aliphatic rings. The van der Waals surface area contributed by atoms with Crippen molar-refractivity contribution < 1.29 is 9.53 Å². The van der Waals surface area contributed by atoms with Crippen LogP contribution < -0.4 is 24.9 Å². The Bertz CT molecular complexity index is 3180. The highest BCUT2D eigenvalue weighted by molar-refractivity contribution is 5.96. The zero-order valence-electron chi connectivity index (χ0n) is 45.9. The van der Waals surface area contributed by atoms with Crippen LogP contribution in [0.4, 0.5) is 27.5 Å². The SMILES string of the molecule is C[C@H]1C[C@@H](N2CCc3cc(N4CCN(C(=O)OC(C)(C)C)CC4)ccc3C2)CN(c2ccc(C#N)c3ncccc23)C1.C[C@H]1C[C@@H](N2CCc3cc(N4CCNCC4)ccc3C2)CN(c2ccc(C#N)c3ncccc23)C1. The third kappa shape index (κ3) is 11.5. The number of hydrogen-bond acceptors (Lipinski definition) is 13. The quantitative estimate of drug-likeness (QED) is 0.170. The molecule has 2 aromatic heterocycles. The Morgan fingerprint density at radius 2 is 1.06 bits per heavy atom. The van der Waals surface area contributed by atoms with E-state index in [1.54, 1.807) is 12.4 Å². The summed E-state index contributed by atoms with van der Waals surface area (Å²) in [6.07, 6.45) is 7.95. The molecule has 8 heterocycles. The lowest BCUT2D eigenvalue weighted by Crippen LogP contribution is -2.52. The monoisotopic (exact) mass is 1030 g/mol. The standard InChI is InChI=1S/C34H42N6O2.C29H34N6/c1-24-18-29(23-40(21-24)31-10-8-26(20-35)32-30(31)6-5-12-36-32)39-13-11-25-19-28(9-7-27(25)22-39)37-14-16-38(17-15-37)33(41)42-34(2,3)4;1-21-15-26(20-35(18-21)28-7-5-23(17-30)29-27(28)3-2-9-32-29)34-12-8-22-16-25(6-4-24(22)19-34)33-13-10-31-11-14-33/h5-10,12,19,24,29H,11,13-18,21-23H2,1-4H3;2-7,9,16,21,26,31H,8,10-15,18-20H2,1H3/t24-,29+;21-,26+/m00/s1. The zero-order chi connectivity index (χ0) is 53.2. The Morgan fingerprint density at radius 1 is 0.584 bits per heavy atom. The summed E-state index contributed by atoms with van der Waals surface area (Å²) in [6.45, 7) is 26.1. The van der Waals surface area contributed by atoms with E-state index in [1.165, 1.54) is 57.8 Å². The normalized spacial score (nSPS) is 22.4. The van der Waals surface area contributed by atoms with Gasteiger partial charge in [0, 0.05) is 163 Å². The average molecular weight is 1030 g/mol. The second-order valence-electron chi connectivity index (χ2n) is 23.6. The van der Waals surface area contributed by atoms with Crippen LogP contribution in [-0.4, -0.2) is 140 Å². The number of nitrogens with zero attached hydrogens (tertiary/aromatic N) is 11. The third-order valence-electron chi connectivity index (χ3n) is 17.0. The molecule has 4 fully saturated rings. The second-order valence-corrected chi connectivity index (χ2v) is 23.6. The van der Waals surface area contributed by atoms with Gasteiger partial charge in [-0.3, -0.25) is 19.8 Å². The van der Waals surface area contributed by atoms with E-state index >= 15 is 0 Å². The summed E-state index contributed by atoms with van der Waals surface area (Å²) in [5.41, 5.74) is 13.4. The van der Waals surface area contributed by atoms with E-state index in [9.17, 15) is 15.3 Å². The Hall–Kier alpha value is -6.97. The number of rotatable bonds is 6. The summed E-state index contributed by atoms with van der Waals surface area (Å²) >= 11 is 0. The van der Waals surface area contributed by atoms with Crippen LogP contribution in [0.3, 0.4) is 0 Å². The Kier molecular flexibility index (Phi) is 15.3. The molecule has 0 unspecified atom stereocenters. The molecule has 1 amide bonds. The first-order valence-corrected chi connectivity index (χ1v) is 28.3. The molecule has 14 nitrogen and oxygen atoms in total. The lowest BCUT2D eigenvalue weighted by molar-refractivity contribution is 0.0240. The van der Waals surface area contributed by atoms with Gasteiger partial charge < -0.3 is 34.6 Å². The van der Waals surface area contributed by atoms with Crippen molar-refractivity contribution in [3.63, 3.8) is 0 Å². The average Bonchev–Trinajstić information content (AvgIpc) is 3.47. The number of nitriles is 2. The molecule has 0 radical (unpaired) electrons. The molecule has 400 valence electrons. The molecule has 12 rings (SSSR count). The molecule has 1 N–H and O–H groups in total. The van der Waals surface area contributed by atoms with Crippen LogP contribution in [0.2, 0.25) is 0 Å². The van der Waals surface area contributed by atoms with Gasteiger partial charge in [0.1, 0.15) is 17.7 Å². The van der Waals surface area contributed by atoms with Crippen LogP contribution in [0.25, 0.3) is 21.8 Å². The maximum Gasteiger partial charge on any atom is 0.410 e. The van der Waals surface area contributed by atoms with Gasteiger partial charge >= 0.3 is 6.09 Å². The molecule has 4 aromatic carbocycles. The summed E-state index contributed by atoms with van der Waals surface area (Å²) in [5.74, 6) is 1.20. The molecular weight excluding hydrogens is 957 g/mol. The number of carbonyl (C=O) groups excluding carboxylic acids is 1. The maximum atomic E-state index is 12.5. The molecule has 4 saturated heterocycles. The van der Waals surface area contributed by atoms with Crippen LogP contribution in [0.1, 0.15) is 80.8 Å². The fourth-order valence-electron chi connectivity index (χ4n) is 13.1. The first-order valence-electron chi connectivity index (χ1n) is 28.3. The first-order chi connectivity index (χ1) is 37.4. The van der Waals surface area contributed by atoms with E-state index < -0.39 is 5.60 Å². The number of amides is 1. The van der Waals surface area contributed by atoms with Crippen LogP contribution in [-0.2, 0) is 30.7 Å². The second kappa shape index (κ2) is 22.5. The number of aromatic nitrogens is 2. The highest BCUT2D eigenvalue weighted by atomic mass is 16.6. The summed E-state index contributed by atoms with van der Waals surface area (Å²) < 4.78 is 5.57. The number of hydrogen-bond donors (Lipinski definition) is 1. The molecular formula is C63H76N12O2. The lowest BCUT2D eigenvalue weighted by atomic mass is 9.91. The molecule has 77 heavy (non-hydrogen) atoms. The smallest absolute Gasteiger partial charge is 0.410 e. The van der Waals surface area contributed by atoms with Crippen molar-refractivity contribution in [2.45, 2.75) is 91.1 Å². The van der Waals surface area contributed by atoms with E-state index in [0.717, 1.165) is 126 Å². The number of piperidine rings is 2. The Morgan fingerprint density at radius 3 is 1.53 bits per heavy atom. The minimum atomic E-state index is -0.468. The van der Waals surface area contributed by atoms with E-state index in [4.69, 9.17) is 4.74 Å². The largest absolute Gasteiger partial charge is 0.444 e. The molecule has 14 heteroatoms. The van der Waals surface area contributed by atoms with E-state index in [1.807, 2.05) is 49.9 Å². The number of piperazine rings is 2. The van der Waals surface area contributed by atoms with Gasteiger partial charge in [0.25, 0.3) is 0 Å². The van der Waals surface area contributed by atoms with Crippen LogP contribution in [0.15, 0.2) is 97.3 Å². The minimum Gasteiger partial charge on any atom is -0.444 e. The van der Waals surface area contributed by atoms with Gasteiger partial charge in [-0.1, -0.05) is 26.0 Å². The van der Waals surface area contributed by atoms with Gasteiger partial charge in [-0.25, -0.2) is 4.79 Å². The van der Waals surface area contributed by atoms with Crippen molar-refractivity contribution in [1.29, 1.82) is 10.5 Å². The van der Waals surface area contributed by atoms with E-state index in [2.05, 4.69) is 131 Å². The molecule has 0 saturated carbocycles. The van der Waals surface area contributed by atoms with Gasteiger partial charge in [0.05, 0.1) is 22.2 Å². The van der Waals surface area contributed by atoms with Crippen molar-refractivity contribution in [3.8, 4) is 12.1 Å². The predicted octanol–water partition coefficient (Wildman–Crippen LogP) is 9.23. The van der Waals surface area contributed by atoms with Crippen LogP contribution in [0.5, 0.6) is 0 Å². The minimum absolute atomic E-state index is 0.215. The predicted molar refractivity (Wildman–Crippen MR) is 309 cm³/mol. The fraction of sp³-hybridized carbons (Fsp3) is 0.476. The van der Waals surface area contributed by atoms with Crippen molar-refractivity contribution >= 4 is 50.6 Å². The number of carbonyl (C=O) groups is 1. The number of anilines is 4. The lowest BCUT2D eigenvalue weighted by Gasteiger charge is -2.45. The van der Waals surface area contributed by atoms with E-state index in [0.29, 0.717) is 48.1 Å². The number of pyridine rings is 2. The summed E-state index contributed by atoms with van der Waals surface area (Å²) in [4.78, 5) is 38.7. The van der Waals surface area contributed by atoms with Gasteiger partial charge in [-0.05, 0) is 153 Å². The van der Waals surface area contributed by atoms with Crippen molar-refractivity contribution in [2.24, 2.45) is 11.8 Å². The van der Waals surface area contributed by atoms with Gasteiger partial charge in [0.2, 0.25) is 0 Å². The topological polar surface area (TPSA) is 134 Å². The first kappa shape index (κ1) is 52.1. The van der Waals surface area contributed by atoms with Gasteiger partial charge in [-0.2, -0.15) is 10.5 Å².